The Morgan fingerprint density at radius 2 is 1.27 bits per heavy atom. The zero-order valence-electron chi connectivity index (χ0n) is 19.0. The summed E-state index contributed by atoms with van der Waals surface area (Å²) in [6.07, 6.45) is -1.36. The normalized spacial score (nSPS) is 12.4. The van der Waals surface area contributed by atoms with Gasteiger partial charge >= 0.3 is 6.09 Å². The number of carbonyl (C=O) groups is 3. The highest BCUT2D eigenvalue weighted by atomic mass is 16.6. The number of ketones is 2. The van der Waals surface area contributed by atoms with Crippen molar-refractivity contribution in [3.63, 3.8) is 0 Å². The number of benzene rings is 1. The molecule has 33 heavy (non-hydrogen) atoms. The third-order valence-electron chi connectivity index (χ3n) is 5.09. The first-order chi connectivity index (χ1) is 15.3. The van der Waals surface area contributed by atoms with Gasteiger partial charge in [-0.1, -0.05) is 0 Å². The van der Waals surface area contributed by atoms with Crippen molar-refractivity contribution >= 4 is 23.3 Å². The highest BCUT2D eigenvalue weighted by Gasteiger charge is 2.38. The molecular formula is C22H33NO10. The maximum Gasteiger partial charge on any atom is 0.412 e. The van der Waals surface area contributed by atoms with Crippen LogP contribution in [0.1, 0.15) is 47.9 Å². The van der Waals surface area contributed by atoms with Gasteiger partial charge in [0, 0.05) is 28.7 Å². The number of ether oxygens (including phenoxy) is 1. The van der Waals surface area contributed by atoms with Crippen molar-refractivity contribution in [2.45, 2.75) is 32.8 Å². The van der Waals surface area contributed by atoms with Gasteiger partial charge in [-0.15, -0.1) is 0 Å². The topological polar surface area (TPSA) is 194 Å². The van der Waals surface area contributed by atoms with E-state index >= 15 is 0 Å². The molecule has 0 fully saturated rings. The summed E-state index contributed by atoms with van der Waals surface area (Å²) in [6.45, 7) is 0.215. The van der Waals surface area contributed by atoms with Gasteiger partial charge in [0.25, 0.3) is 0 Å². The van der Waals surface area contributed by atoms with E-state index in [0.29, 0.717) is 0 Å². The maximum absolute atomic E-state index is 13.0. The summed E-state index contributed by atoms with van der Waals surface area (Å²) in [5.41, 5.74) is -4.62. The van der Waals surface area contributed by atoms with Crippen LogP contribution in [0.15, 0.2) is 18.2 Å². The third-order valence-corrected chi connectivity index (χ3v) is 5.09. The van der Waals surface area contributed by atoms with Gasteiger partial charge in [0.05, 0.1) is 39.6 Å². The van der Waals surface area contributed by atoms with Gasteiger partial charge < -0.3 is 35.4 Å². The Labute approximate surface area is 191 Å². The molecule has 0 bridgehead atoms. The highest BCUT2D eigenvalue weighted by molar-refractivity contribution is 6.06. The van der Waals surface area contributed by atoms with E-state index in [1.54, 1.807) is 20.8 Å². The van der Waals surface area contributed by atoms with Gasteiger partial charge in [0.1, 0.15) is 11.0 Å². The van der Waals surface area contributed by atoms with Crippen LogP contribution in [0.5, 0.6) is 0 Å². The molecule has 1 rings (SSSR count). The van der Waals surface area contributed by atoms with Crippen LogP contribution in [0.4, 0.5) is 10.5 Å². The van der Waals surface area contributed by atoms with Crippen LogP contribution in [0.2, 0.25) is 0 Å². The number of hydrogen-bond donors (Lipinski definition) is 7. The number of carbonyl (C=O) groups excluding carboxylic acids is 3. The molecule has 7 N–H and O–H groups in total. The Balaban J connectivity index is 3.49. The molecule has 0 radical (unpaired) electrons. The van der Waals surface area contributed by atoms with Gasteiger partial charge in [-0.25, -0.2) is 4.79 Å². The average Bonchev–Trinajstić information content (AvgIpc) is 2.77. The zero-order valence-corrected chi connectivity index (χ0v) is 19.0. The number of rotatable bonds is 12. The molecule has 0 saturated heterocycles. The van der Waals surface area contributed by atoms with Crippen LogP contribution in [-0.4, -0.2) is 93.5 Å². The lowest BCUT2D eigenvalue weighted by Crippen LogP contribution is -2.42. The lowest BCUT2D eigenvalue weighted by Gasteiger charge is -2.27. The minimum atomic E-state index is -1.93. The van der Waals surface area contributed by atoms with Crippen molar-refractivity contribution < 1.29 is 49.8 Å². The number of aliphatic hydroxyl groups excluding tert-OH is 6. The van der Waals surface area contributed by atoms with Crippen molar-refractivity contribution in [2.24, 2.45) is 10.8 Å². The number of hydrogen-bond acceptors (Lipinski definition) is 10. The molecule has 0 atom stereocenters. The first-order valence-corrected chi connectivity index (χ1v) is 10.2. The van der Waals surface area contributed by atoms with Gasteiger partial charge in [0.15, 0.2) is 11.6 Å². The van der Waals surface area contributed by atoms with E-state index in [-0.39, 0.29) is 16.8 Å². The van der Waals surface area contributed by atoms with Crippen LogP contribution in [0, 0.1) is 10.8 Å². The number of nitrogens with one attached hydrogen (secondary N) is 1. The van der Waals surface area contributed by atoms with Crippen molar-refractivity contribution in [3.8, 4) is 0 Å². The molecule has 0 aromatic heterocycles. The van der Waals surface area contributed by atoms with E-state index in [0.717, 1.165) is 6.07 Å². The quantitative estimate of drug-likeness (QED) is 0.199. The SMILES string of the molecule is CC(C)(C)OC(=O)Nc1cc(C(=O)CC(CO)(CO)CO)cc(C(=O)C(CO)(CO)CO)c1. The van der Waals surface area contributed by atoms with E-state index in [2.05, 4.69) is 5.32 Å². The van der Waals surface area contributed by atoms with Gasteiger partial charge in [-0.2, -0.15) is 0 Å². The smallest absolute Gasteiger partial charge is 0.412 e. The highest BCUT2D eigenvalue weighted by Crippen LogP contribution is 2.28. The van der Waals surface area contributed by atoms with Crippen LogP contribution in [-0.2, 0) is 4.74 Å². The molecule has 11 heteroatoms. The van der Waals surface area contributed by atoms with Crippen molar-refractivity contribution in [1.29, 1.82) is 0 Å². The Hall–Kier alpha value is -2.41. The summed E-state index contributed by atoms with van der Waals surface area (Å²) in [4.78, 5) is 38.1. The van der Waals surface area contributed by atoms with Crippen molar-refractivity contribution in [2.75, 3.05) is 45.0 Å². The minimum absolute atomic E-state index is 0.0243. The number of amides is 1. The largest absolute Gasteiger partial charge is 0.444 e. The molecular weight excluding hydrogens is 438 g/mol. The van der Waals surface area contributed by atoms with Crippen molar-refractivity contribution in [3.05, 3.63) is 29.3 Å². The molecule has 0 aliphatic heterocycles. The molecule has 0 unspecified atom stereocenters. The van der Waals surface area contributed by atoms with Crippen LogP contribution in [0.3, 0.4) is 0 Å². The molecule has 1 aromatic rings. The van der Waals surface area contributed by atoms with E-state index in [4.69, 9.17) is 4.74 Å². The standard InChI is InChI=1S/C22H33NO10/c1-20(2,3)33-19(32)23-16-5-14(17(30)7-21(8-24,9-25)10-26)4-15(6-16)18(31)22(11-27,12-28)13-29/h4-6,24-29H,7-13H2,1-3H3,(H,23,32). The summed E-state index contributed by atoms with van der Waals surface area (Å²) in [5.74, 6) is -1.55. The van der Waals surface area contributed by atoms with E-state index in [1.165, 1.54) is 12.1 Å². The predicted octanol–water partition coefficient (Wildman–Crippen LogP) is -0.284. The number of anilines is 1. The molecule has 1 aromatic carbocycles. The second kappa shape index (κ2) is 11.6. The second-order valence-corrected chi connectivity index (χ2v) is 9.08. The van der Waals surface area contributed by atoms with Gasteiger partial charge in [-0.3, -0.25) is 14.9 Å². The lowest BCUT2D eigenvalue weighted by atomic mass is 9.80. The van der Waals surface area contributed by atoms with E-state index in [1.807, 2.05) is 0 Å². The molecule has 0 heterocycles. The molecule has 0 aliphatic carbocycles. The Kier molecular flexibility index (Phi) is 10.1. The first kappa shape index (κ1) is 28.6. The summed E-state index contributed by atoms with van der Waals surface area (Å²) in [6, 6.07) is 3.56. The minimum Gasteiger partial charge on any atom is -0.444 e. The molecule has 0 aliphatic rings. The fourth-order valence-corrected chi connectivity index (χ4v) is 2.85. The fraction of sp³-hybridized carbons (Fsp3) is 0.591. The van der Waals surface area contributed by atoms with Crippen LogP contribution >= 0.6 is 0 Å². The molecule has 0 spiro atoms. The summed E-state index contributed by atoms with van der Waals surface area (Å²) >= 11 is 0. The van der Waals surface area contributed by atoms with E-state index in [9.17, 15) is 45.0 Å². The molecule has 186 valence electrons. The average molecular weight is 472 g/mol. The number of aliphatic hydroxyl groups is 6. The summed E-state index contributed by atoms with van der Waals surface area (Å²) in [7, 11) is 0. The summed E-state index contributed by atoms with van der Waals surface area (Å²) in [5, 5.41) is 59.7. The Bertz CT molecular complexity index is 822. The Morgan fingerprint density at radius 3 is 1.70 bits per heavy atom. The monoisotopic (exact) mass is 471 g/mol. The van der Waals surface area contributed by atoms with Gasteiger partial charge in [0.2, 0.25) is 0 Å². The van der Waals surface area contributed by atoms with Gasteiger partial charge in [-0.05, 0) is 39.0 Å². The van der Waals surface area contributed by atoms with E-state index < -0.39 is 80.2 Å². The van der Waals surface area contributed by atoms with Crippen LogP contribution in [0.25, 0.3) is 0 Å². The van der Waals surface area contributed by atoms with Crippen LogP contribution < -0.4 is 5.32 Å². The molecule has 0 saturated carbocycles. The molecule has 1 amide bonds. The third kappa shape index (κ3) is 7.29. The lowest BCUT2D eigenvalue weighted by molar-refractivity contribution is 0.00190. The Morgan fingerprint density at radius 1 is 0.788 bits per heavy atom. The second-order valence-electron chi connectivity index (χ2n) is 9.08. The zero-order chi connectivity index (χ0) is 25.4. The predicted molar refractivity (Wildman–Crippen MR) is 117 cm³/mol. The first-order valence-electron chi connectivity index (χ1n) is 10.2. The fourth-order valence-electron chi connectivity index (χ4n) is 2.85. The molecule has 11 nitrogen and oxygen atoms in total. The number of Topliss-reactive ketones (excluding diaryl/α,β-unsaturated/α-hetero) is 2. The summed E-state index contributed by atoms with van der Waals surface area (Å²) < 4.78 is 5.17. The maximum atomic E-state index is 13.0. The van der Waals surface area contributed by atoms with Crippen molar-refractivity contribution in [1.82, 2.24) is 0 Å².